The number of aromatic carboxylic acids is 1. The van der Waals surface area contributed by atoms with Gasteiger partial charge in [-0.3, -0.25) is 0 Å². The second-order valence-corrected chi connectivity index (χ2v) is 6.63. The van der Waals surface area contributed by atoms with Crippen LogP contribution in [-0.2, 0) is 10.9 Å². The number of carbonyl (C=O) groups is 2. The van der Waals surface area contributed by atoms with Crippen molar-refractivity contribution in [2.75, 3.05) is 7.11 Å². The molecule has 0 aromatic heterocycles. The highest BCUT2D eigenvalue weighted by atomic mass is 19.4. The quantitative estimate of drug-likeness (QED) is 0.415. The van der Waals surface area contributed by atoms with Crippen LogP contribution in [0.15, 0.2) is 72.8 Å². The third kappa shape index (κ3) is 5.19. The van der Waals surface area contributed by atoms with Gasteiger partial charge in [0.25, 0.3) is 0 Å². The van der Waals surface area contributed by atoms with E-state index in [-0.39, 0.29) is 5.56 Å². The first-order valence-electron chi connectivity index (χ1n) is 9.10. The number of rotatable bonds is 5. The van der Waals surface area contributed by atoms with Crippen LogP contribution in [0.3, 0.4) is 0 Å². The van der Waals surface area contributed by atoms with E-state index in [2.05, 4.69) is 0 Å². The Kier molecular flexibility index (Phi) is 6.25. The van der Waals surface area contributed by atoms with Crippen molar-refractivity contribution in [2.24, 2.45) is 0 Å². The number of hydrogen-bond acceptors (Lipinski definition) is 3. The van der Waals surface area contributed by atoms with E-state index in [9.17, 15) is 22.8 Å². The molecule has 31 heavy (non-hydrogen) atoms. The third-order valence-electron chi connectivity index (χ3n) is 4.61. The fourth-order valence-corrected chi connectivity index (χ4v) is 2.96. The number of alkyl halides is 3. The lowest BCUT2D eigenvalue weighted by molar-refractivity contribution is -0.137. The zero-order chi connectivity index (χ0) is 22.6. The van der Waals surface area contributed by atoms with Crippen molar-refractivity contribution in [3.63, 3.8) is 0 Å². The van der Waals surface area contributed by atoms with Crippen molar-refractivity contribution in [2.45, 2.75) is 6.18 Å². The molecule has 1 N–H and O–H groups in total. The van der Waals surface area contributed by atoms with Gasteiger partial charge in [-0.25, -0.2) is 9.59 Å². The predicted octanol–water partition coefficient (Wildman–Crippen LogP) is 5.78. The van der Waals surface area contributed by atoms with E-state index in [1.807, 2.05) is 0 Å². The molecular weight excluding hydrogens is 409 g/mol. The highest BCUT2D eigenvalue weighted by molar-refractivity contribution is 5.95. The first-order chi connectivity index (χ1) is 14.7. The van der Waals surface area contributed by atoms with Crippen LogP contribution in [0.2, 0.25) is 0 Å². The number of carboxylic acid groups (broad SMARTS) is 1. The van der Waals surface area contributed by atoms with E-state index in [0.717, 1.165) is 12.1 Å². The van der Waals surface area contributed by atoms with Crippen LogP contribution in [0.5, 0.6) is 0 Å². The van der Waals surface area contributed by atoms with E-state index in [0.29, 0.717) is 27.8 Å². The summed E-state index contributed by atoms with van der Waals surface area (Å²) in [6, 6.07) is 17.4. The molecule has 3 rings (SSSR count). The highest BCUT2D eigenvalue weighted by Crippen LogP contribution is 2.31. The Bertz CT molecular complexity index is 1110. The molecule has 0 aliphatic rings. The molecule has 0 radical (unpaired) electrons. The van der Waals surface area contributed by atoms with Crippen molar-refractivity contribution < 1.29 is 32.6 Å². The molecular formula is C24H17F3O4. The number of hydrogen-bond donors (Lipinski definition) is 1. The van der Waals surface area contributed by atoms with Crippen LogP contribution in [0.25, 0.3) is 11.6 Å². The van der Waals surface area contributed by atoms with Crippen LogP contribution in [0.1, 0.15) is 43.0 Å². The number of carbonyl (C=O) groups excluding carboxylic acids is 1. The maximum Gasteiger partial charge on any atom is 0.416 e. The topological polar surface area (TPSA) is 63.6 Å². The maximum absolute atomic E-state index is 12.8. The lowest BCUT2D eigenvalue weighted by atomic mass is 9.94. The summed E-state index contributed by atoms with van der Waals surface area (Å²) in [6.45, 7) is 0. The SMILES string of the molecule is COC(=O)c1ccc(C(=Cc2ccc(C(F)(F)F)cc2)c2ccc(C(=O)O)cc2)cc1. The second kappa shape index (κ2) is 8.87. The standard InChI is InChI=1S/C24H17F3O4/c1-31-23(30)19-10-6-17(7-11-19)21(16-4-8-18(9-5-16)22(28)29)14-15-2-12-20(13-3-15)24(25,26)27/h2-14H,1H3,(H,28,29). The monoisotopic (exact) mass is 426 g/mol. The third-order valence-corrected chi connectivity index (χ3v) is 4.61. The van der Waals surface area contributed by atoms with Gasteiger partial charge in [-0.2, -0.15) is 13.2 Å². The van der Waals surface area contributed by atoms with E-state index in [1.54, 1.807) is 42.5 Å². The molecule has 0 atom stereocenters. The second-order valence-electron chi connectivity index (χ2n) is 6.63. The molecule has 0 fully saturated rings. The molecule has 0 saturated carbocycles. The summed E-state index contributed by atoms with van der Waals surface area (Å²) >= 11 is 0. The van der Waals surface area contributed by atoms with Gasteiger partial charge in [-0.15, -0.1) is 0 Å². The Hall–Kier alpha value is -3.87. The summed E-state index contributed by atoms with van der Waals surface area (Å²) in [5.41, 5.74) is 2.24. The minimum atomic E-state index is -4.43. The van der Waals surface area contributed by atoms with E-state index < -0.39 is 23.7 Å². The summed E-state index contributed by atoms with van der Waals surface area (Å²) in [4.78, 5) is 22.8. The smallest absolute Gasteiger partial charge is 0.416 e. The molecule has 0 spiro atoms. The van der Waals surface area contributed by atoms with Gasteiger partial charge >= 0.3 is 18.1 Å². The van der Waals surface area contributed by atoms with Crippen LogP contribution < -0.4 is 0 Å². The first-order valence-corrected chi connectivity index (χ1v) is 9.10. The number of methoxy groups -OCH3 is 1. The molecule has 0 saturated heterocycles. The minimum absolute atomic E-state index is 0.110. The van der Waals surface area contributed by atoms with Gasteiger partial charge in [0.05, 0.1) is 23.8 Å². The molecule has 0 bridgehead atoms. The first kappa shape index (κ1) is 21.8. The molecule has 0 unspecified atom stereocenters. The molecule has 0 aliphatic carbocycles. The Labute approximate surface area is 176 Å². The van der Waals surface area contributed by atoms with E-state index in [1.165, 1.54) is 31.4 Å². The van der Waals surface area contributed by atoms with Crippen molar-refractivity contribution in [1.29, 1.82) is 0 Å². The van der Waals surface area contributed by atoms with Crippen molar-refractivity contribution >= 4 is 23.6 Å². The molecule has 0 amide bonds. The number of ether oxygens (including phenoxy) is 1. The lowest BCUT2D eigenvalue weighted by Crippen LogP contribution is -2.04. The molecule has 7 heteroatoms. The summed E-state index contributed by atoms with van der Waals surface area (Å²) in [6.07, 6.45) is -2.73. The van der Waals surface area contributed by atoms with Gasteiger partial charge in [0.1, 0.15) is 0 Å². The average Bonchev–Trinajstić information content (AvgIpc) is 2.77. The Morgan fingerprint density at radius 1 is 0.774 bits per heavy atom. The summed E-state index contributed by atoms with van der Waals surface area (Å²) in [5.74, 6) is -1.56. The molecule has 0 heterocycles. The maximum atomic E-state index is 12.8. The summed E-state index contributed by atoms with van der Waals surface area (Å²) < 4.78 is 43.2. The zero-order valence-corrected chi connectivity index (χ0v) is 16.3. The fourth-order valence-electron chi connectivity index (χ4n) is 2.96. The van der Waals surface area contributed by atoms with E-state index in [4.69, 9.17) is 9.84 Å². The number of halogens is 3. The fraction of sp³-hybridized carbons (Fsp3) is 0.0833. The predicted molar refractivity (Wildman–Crippen MR) is 110 cm³/mol. The highest BCUT2D eigenvalue weighted by Gasteiger charge is 2.29. The number of esters is 1. The van der Waals surface area contributed by atoms with Gasteiger partial charge in [0, 0.05) is 0 Å². The lowest BCUT2D eigenvalue weighted by Gasteiger charge is -2.11. The molecule has 3 aromatic rings. The van der Waals surface area contributed by atoms with Gasteiger partial charge in [-0.05, 0) is 64.7 Å². The van der Waals surface area contributed by atoms with Gasteiger partial charge in [0.2, 0.25) is 0 Å². The summed E-state index contributed by atoms with van der Waals surface area (Å²) in [5, 5.41) is 9.11. The Morgan fingerprint density at radius 3 is 1.65 bits per heavy atom. The number of benzene rings is 3. The van der Waals surface area contributed by atoms with Crippen LogP contribution in [-0.4, -0.2) is 24.2 Å². The van der Waals surface area contributed by atoms with E-state index >= 15 is 0 Å². The van der Waals surface area contributed by atoms with Gasteiger partial charge in [-0.1, -0.05) is 36.4 Å². The van der Waals surface area contributed by atoms with Crippen LogP contribution in [0, 0.1) is 0 Å². The van der Waals surface area contributed by atoms with Crippen LogP contribution in [0.4, 0.5) is 13.2 Å². The Morgan fingerprint density at radius 2 is 1.23 bits per heavy atom. The average molecular weight is 426 g/mol. The zero-order valence-electron chi connectivity index (χ0n) is 16.3. The largest absolute Gasteiger partial charge is 0.478 e. The van der Waals surface area contributed by atoms with Crippen molar-refractivity contribution in [3.05, 3.63) is 106 Å². The molecule has 4 nitrogen and oxygen atoms in total. The Balaban J connectivity index is 2.06. The number of carboxylic acids is 1. The van der Waals surface area contributed by atoms with Gasteiger partial charge in [0.15, 0.2) is 0 Å². The minimum Gasteiger partial charge on any atom is -0.478 e. The van der Waals surface area contributed by atoms with Gasteiger partial charge < -0.3 is 9.84 Å². The summed E-state index contributed by atoms with van der Waals surface area (Å²) in [7, 11) is 1.27. The molecule has 158 valence electrons. The van der Waals surface area contributed by atoms with Crippen molar-refractivity contribution in [1.82, 2.24) is 0 Å². The van der Waals surface area contributed by atoms with Crippen molar-refractivity contribution in [3.8, 4) is 0 Å². The molecule has 0 aliphatic heterocycles. The normalized spacial score (nSPS) is 11.8. The molecule has 3 aromatic carbocycles. The van der Waals surface area contributed by atoms with Crippen LogP contribution >= 0.6 is 0 Å².